The molecule has 2 rings (SSSR count). The fourth-order valence-corrected chi connectivity index (χ4v) is 1.26. The zero-order valence-corrected chi connectivity index (χ0v) is 8.46. The van der Waals surface area contributed by atoms with Crippen molar-refractivity contribution in [3.8, 4) is 11.5 Å². The van der Waals surface area contributed by atoms with Gasteiger partial charge in [0.05, 0.1) is 5.02 Å². The summed E-state index contributed by atoms with van der Waals surface area (Å²) in [5, 5.41) is 0.498. The molecule has 0 saturated carbocycles. The topological polar surface area (TPSA) is 9.23 Å². The Morgan fingerprint density at radius 1 is 1.13 bits per heavy atom. The Bertz CT molecular complexity index is 453. The van der Waals surface area contributed by atoms with Crippen molar-refractivity contribution in [3.05, 3.63) is 59.4 Å². The van der Waals surface area contributed by atoms with E-state index in [9.17, 15) is 4.39 Å². The second kappa shape index (κ2) is 4.32. The third-order valence-electron chi connectivity index (χ3n) is 1.82. The molecule has 0 saturated heterocycles. The van der Waals surface area contributed by atoms with Crippen LogP contribution in [0.3, 0.4) is 0 Å². The molecule has 0 heterocycles. The van der Waals surface area contributed by atoms with Crippen molar-refractivity contribution >= 4 is 11.6 Å². The first-order valence-electron chi connectivity index (χ1n) is 4.35. The molecule has 3 heteroatoms. The summed E-state index contributed by atoms with van der Waals surface area (Å²) < 4.78 is 18.1. The molecule has 0 bridgehead atoms. The molecule has 2 aromatic carbocycles. The lowest BCUT2D eigenvalue weighted by Crippen LogP contribution is -1.85. The van der Waals surface area contributed by atoms with Crippen LogP contribution in [-0.2, 0) is 0 Å². The van der Waals surface area contributed by atoms with Crippen LogP contribution in [0.2, 0.25) is 5.02 Å². The molecule has 0 N–H and O–H groups in total. The molecular weight excluding hydrogens is 215 g/mol. The highest BCUT2D eigenvalue weighted by Crippen LogP contribution is 2.28. The largest absolute Gasteiger partial charge is 0.456 e. The van der Waals surface area contributed by atoms with Gasteiger partial charge < -0.3 is 4.74 Å². The highest BCUT2D eigenvalue weighted by atomic mass is 35.5. The lowest BCUT2D eigenvalue weighted by atomic mass is 10.3. The van der Waals surface area contributed by atoms with Crippen molar-refractivity contribution in [2.45, 2.75) is 0 Å². The minimum atomic E-state index is -0.298. The molecule has 0 fully saturated rings. The summed E-state index contributed by atoms with van der Waals surface area (Å²) in [6.45, 7) is 0. The SMILES string of the molecule is Fc1ccc(Oc2c[c]ccc2Cl)cc1. The van der Waals surface area contributed by atoms with Gasteiger partial charge in [-0.3, -0.25) is 0 Å². The second-order valence-corrected chi connectivity index (χ2v) is 3.32. The van der Waals surface area contributed by atoms with Crippen LogP contribution in [0.1, 0.15) is 0 Å². The van der Waals surface area contributed by atoms with Crippen LogP contribution in [0.5, 0.6) is 11.5 Å². The molecule has 0 unspecified atom stereocenters. The second-order valence-electron chi connectivity index (χ2n) is 2.91. The monoisotopic (exact) mass is 221 g/mol. The normalized spacial score (nSPS) is 10.0. The molecule has 0 aromatic heterocycles. The van der Waals surface area contributed by atoms with Gasteiger partial charge >= 0.3 is 0 Å². The Morgan fingerprint density at radius 3 is 2.53 bits per heavy atom. The van der Waals surface area contributed by atoms with Crippen molar-refractivity contribution in [1.82, 2.24) is 0 Å². The van der Waals surface area contributed by atoms with E-state index >= 15 is 0 Å². The zero-order valence-electron chi connectivity index (χ0n) is 7.71. The maximum atomic E-state index is 12.6. The fraction of sp³-hybridized carbons (Fsp3) is 0. The number of hydrogen-bond donors (Lipinski definition) is 0. The van der Waals surface area contributed by atoms with Crippen LogP contribution in [0.4, 0.5) is 4.39 Å². The predicted molar refractivity (Wildman–Crippen MR) is 56.8 cm³/mol. The fourth-order valence-electron chi connectivity index (χ4n) is 1.10. The molecular formula is C12H7ClFO. The van der Waals surface area contributed by atoms with E-state index in [0.29, 0.717) is 16.5 Å². The summed E-state index contributed by atoms with van der Waals surface area (Å²) in [4.78, 5) is 0. The maximum absolute atomic E-state index is 12.6. The van der Waals surface area contributed by atoms with Crippen LogP contribution < -0.4 is 4.74 Å². The van der Waals surface area contributed by atoms with Crippen LogP contribution in [-0.4, -0.2) is 0 Å². The van der Waals surface area contributed by atoms with Crippen molar-refractivity contribution < 1.29 is 9.13 Å². The van der Waals surface area contributed by atoms with Crippen molar-refractivity contribution in [3.63, 3.8) is 0 Å². The zero-order chi connectivity index (χ0) is 10.7. The molecule has 0 aliphatic heterocycles. The van der Waals surface area contributed by atoms with Gasteiger partial charge in [-0.2, -0.15) is 0 Å². The van der Waals surface area contributed by atoms with E-state index < -0.39 is 0 Å². The Morgan fingerprint density at radius 2 is 1.87 bits per heavy atom. The number of benzene rings is 2. The quantitative estimate of drug-likeness (QED) is 0.743. The number of halogens is 2. The molecule has 1 nitrogen and oxygen atoms in total. The Kier molecular flexibility index (Phi) is 2.88. The van der Waals surface area contributed by atoms with E-state index in [-0.39, 0.29) is 5.82 Å². The molecule has 0 spiro atoms. The first-order chi connectivity index (χ1) is 7.25. The third kappa shape index (κ3) is 2.48. The highest BCUT2D eigenvalue weighted by Gasteiger charge is 2.01. The average Bonchev–Trinajstić information content (AvgIpc) is 2.25. The first kappa shape index (κ1) is 9.99. The van der Waals surface area contributed by atoms with Gasteiger partial charge in [0.2, 0.25) is 0 Å². The lowest BCUT2D eigenvalue weighted by molar-refractivity contribution is 0.480. The van der Waals surface area contributed by atoms with Crippen molar-refractivity contribution in [2.24, 2.45) is 0 Å². The van der Waals surface area contributed by atoms with Gasteiger partial charge in [0.1, 0.15) is 17.3 Å². The van der Waals surface area contributed by atoms with Crippen LogP contribution in [0, 0.1) is 11.9 Å². The van der Waals surface area contributed by atoms with Crippen molar-refractivity contribution in [2.75, 3.05) is 0 Å². The Balaban J connectivity index is 2.22. The third-order valence-corrected chi connectivity index (χ3v) is 2.13. The average molecular weight is 222 g/mol. The number of rotatable bonds is 2. The molecule has 75 valence electrons. The van der Waals surface area contributed by atoms with E-state index in [1.165, 1.54) is 12.1 Å². The van der Waals surface area contributed by atoms with E-state index in [0.717, 1.165) is 0 Å². The summed E-state index contributed by atoms with van der Waals surface area (Å²) in [7, 11) is 0. The molecule has 0 aliphatic rings. The lowest BCUT2D eigenvalue weighted by Gasteiger charge is -2.06. The molecule has 1 radical (unpaired) electrons. The smallest absolute Gasteiger partial charge is 0.146 e. The van der Waals surface area contributed by atoms with Gasteiger partial charge in [-0.25, -0.2) is 4.39 Å². The molecule has 2 aromatic rings. The van der Waals surface area contributed by atoms with Crippen LogP contribution in [0.15, 0.2) is 42.5 Å². The van der Waals surface area contributed by atoms with Crippen molar-refractivity contribution in [1.29, 1.82) is 0 Å². The Hall–Kier alpha value is -1.54. The minimum Gasteiger partial charge on any atom is -0.456 e. The molecule has 0 atom stereocenters. The van der Waals surface area contributed by atoms with Gasteiger partial charge in [0.15, 0.2) is 0 Å². The highest BCUT2D eigenvalue weighted by molar-refractivity contribution is 6.32. The van der Waals surface area contributed by atoms with Gasteiger partial charge in [-0.05, 0) is 42.5 Å². The van der Waals surface area contributed by atoms with E-state index in [1.807, 2.05) is 0 Å². The predicted octanol–water partition coefficient (Wildman–Crippen LogP) is 4.07. The van der Waals surface area contributed by atoms with E-state index in [2.05, 4.69) is 6.07 Å². The van der Waals surface area contributed by atoms with Gasteiger partial charge in [0.25, 0.3) is 0 Å². The van der Waals surface area contributed by atoms with Gasteiger partial charge in [-0.15, -0.1) is 0 Å². The van der Waals surface area contributed by atoms with E-state index in [4.69, 9.17) is 16.3 Å². The standard InChI is InChI=1S/C12H7ClFO/c13-11-3-1-2-4-12(11)15-10-7-5-9(14)6-8-10/h1,3-8H. The summed E-state index contributed by atoms with van der Waals surface area (Å²) in [6.07, 6.45) is 0. The first-order valence-corrected chi connectivity index (χ1v) is 4.72. The summed E-state index contributed by atoms with van der Waals surface area (Å²) in [6, 6.07) is 13.6. The molecule has 0 amide bonds. The maximum Gasteiger partial charge on any atom is 0.146 e. The number of ether oxygens (including phenoxy) is 1. The van der Waals surface area contributed by atoms with Crippen LogP contribution >= 0.6 is 11.6 Å². The molecule has 0 aliphatic carbocycles. The van der Waals surface area contributed by atoms with E-state index in [1.54, 1.807) is 30.3 Å². The van der Waals surface area contributed by atoms with Gasteiger partial charge in [0, 0.05) is 0 Å². The summed E-state index contributed by atoms with van der Waals surface area (Å²) >= 11 is 5.89. The Labute approximate surface area is 92.1 Å². The molecule has 15 heavy (non-hydrogen) atoms. The minimum absolute atomic E-state index is 0.298. The number of hydrogen-bond acceptors (Lipinski definition) is 1. The summed E-state index contributed by atoms with van der Waals surface area (Å²) in [5.41, 5.74) is 0. The van der Waals surface area contributed by atoms with Crippen LogP contribution in [0.25, 0.3) is 0 Å². The summed E-state index contributed by atoms with van der Waals surface area (Å²) in [5.74, 6) is 0.747. The van der Waals surface area contributed by atoms with Gasteiger partial charge in [-0.1, -0.05) is 17.7 Å².